The van der Waals surface area contributed by atoms with Crippen LogP contribution >= 0.6 is 0 Å². The van der Waals surface area contributed by atoms with Crippen LogP contribution in [-0.4, -0.2) is 56.8 Å². The highest BCUT2D eigenvalue weighted by Gasteiger charge is 2.26. The zero-order valence-corrected chi connectivity index (χ0v) is 16.5. The fraction of sp³-hybridized carbons (Fsp3) is 0.455. The standard InChI is InChI=1S/C14H22N.C8H16N/c1-5-12-15(3,4)14(6-2)13-10-8-7-9-11-13;1-5-7-9(3,4)8-6-2/h5,7-11,14H,1,6,12H2,2-4H3;5-6H,1-2,7-8H2,3-4H3/q2*+1. The first-order valence-corrected chi connectivity index (χ1v) is 8.76. The second kappa shape index (κ2) is 11.0. The summed E-state index contributed by atoms with van der Waals surface area (Å²) in [6, 6.07) is 11.3. The van der Waals surface area contributed by atoms with E-state index in [2.05, 4.69) is 85.2 Å². The summed E-state index contributed by atoms with van der Waals surface area (Å²) in [5.41, 5.74) is 1.42. The molecule has 1 aromatic carbocycles. The van der Waals surface area contributed by atoms with Crippen LogP contribution in [0.25, 0.3) is 0 Å². The first kappa shape index (κ1) is 22.4. The smallest absolute Gasteiger partial charge is 0.114 e. The Morgan fingerprint density at radius 2 is 1.29 bits per heavy atom. The van der Waals surface area contributed by atoms with Crippen molar-refractivity contribution in [3.8, 4) is 0 Å². The van der Waals surface area contributed by atoms with Crippen LogP contribution in [0.2, 0.25) is 0 Å². The lowest BCUT2D eigenvalue weighted by Gasteiger charge is -2.37. The molecule has 2 heteroatoms. The topological polar surface area (TPSA) is 0 Å². The molecule has 0 aliphatic rings. The van der Waals surface area contributed by atoms with E-state index in [0.717, 1.165) is 35.0 Å². The van der Waals surface area contributed by atoms with Crippen molar-refractivity contribution in [2.24, 2.45) is 0 Å². The number of quaternary nitrogens is 2. The monoisotopic (exact) mass is 330 g/mol. The molecule has 134 valence electrons. The van der Waals surface area contributed by atoms with E-state index in [1.165, 1.54) is 5.56 Å². The molecule has 0 aromatic heterocycles. The second-order valence-electron chi connectivity index (χ2n) is 7.46. The Hall–Kier alpha value is -1.64. The first-order chi connectivity index (χ1) is 11.2. The third kappa shape index (κ3) is 8.28. The lowest BCUT2D eigenvalue weighted by atomic mass is 10.0. The molecule has 0 spiro atoms. The predicted molar refractivity (Wildman–Crippen MR) is 109 cm³/mol. The minimum absolute atomic E-state index is 0.559. The average Bonchev–Trinajstić information content (AvgIpc) is 2.49. The molecule has 0 bridgehead atoms. The van der Waals surface area contributed by atoms with E-state index in [0.29, 0.717) is 6.04 Å². The van der Waals surface area contributed by atoms with Crippen LogP contribution in [0.3, 0.4) is 0 Å². The van der Waals surface area contributed by atoms with E-state index < -0.39 is 0 Å². The van der Waals surface area contributed by atoms with E-state index in [4.69, 9.17) is 0 Å². The van der Waals surface area contributed by atoms with Gasteiger partial charge in [-0.05, 0) is 18.2 Å². The minimum atomic E-state index is 0.559. The number of rotatable bonds is 9. The van der Waals surface area contributed by atoms with Gasteiger partial charge in [-0.3, -0.25) is 0 Å². The second-order valence-corrected chi connectivity index (χ2v) is 7.46. The summed E-state index contributed by atoms with van der Waals surface area (Å²) in [6.45, 7) is 16.5. The zero-order valence-electron chi connectivity index (χ0n) is 16.5. The molecule has 1 atom stereocenters. The highest BCUT2D eigenvalue weighted by atomic mass is 15.3. The van der Waals surface area contributed by atoms with E-state index in [-0.39, 0.29) is 0 Å². The fourth-order valence-electron chi connectivity index (χ4n) is 3.04. The van der Waals surface area contributed by atoms with E-state index in [1.807, 2.05) is 18.2 Å². The molecule has 0 fully saturated rings. The summed E-state index contributed by atoms with van der Waals surface area (Å²) < 4.78 is 1.93. The Kier molecular flexibility index (Phi) is 10.3. The third-order valence-corrected chi connectivity index (χ3v) is 4.26. The van der Waals surface area contributed by atoms with Gasteiger partial charge in [-0.1, -0.05) is 57.0 Å². The van der Waals surface area contributed by atoms with Gasteiger partial charge in [-0.25, -0.2) is 0 Å². The fourth-order valence-corrected chi connectivity index (χ4v) is 3.04. The quantitative estimate of drug-likeness (QED) is 0.449. The van der Waals surface area contributed by atoms with Crippen LogP contribution in [0.4, 0.5) is 0 Å². The maximum absolute atomic E-state index is 3.84. The molecule has 0 radical (unpaired) electrons. The Morgan fingerprint density at radius 1 is 0.833 bits per heavy atom. The number of hydrogen-bond donors (Lipinski definition) is 0. The summed E-state index contributed by atoms with van der Waals surface area (Å²) in [7, 11) is 8.85. The van der Waals surface area contributed by atoms with Crippen LogP contribution in [0.1, 0.15) is 24.9 Å². The third-order valence-electron chi connectivity index (χ3n) is 4.26. The summed E-state index contributed by atoms with van der Waals surface area (Å²) >= 11 is 0. The lowest BCUT2D eigenvalue weighted by Crippen LogP contribution is -2.42. The van der Waals surface area contributed by atoms with Crippen molar-refractivity contribution < 1.29 is 8.97 Å². The molecule has 0 saturated carbocycles. The van der Waals surface area contributed by atoms with Crippen LogP contribution in [-0.2, 0) is 0 Å². The number of benzene rings is 1. The SMILES string of the molecule is C=CC[N+](C)(C)C(CC)c1ccccc1.C=CC[N+](C)(C)CC=C. The molecule has 1 rings (SSSR count). The van der Waals surface area contributed by atoms with Gasteiger partial charge in [0.2, 0.25) is 0 Å². The van der Waals surface area contributed by atoms with Crippen LogP contribution < -0.4 is 0 Å². The van der Waals surface area contributed by atoms with Crippen molar-refractivity contribution in [3.63, 3.8) is 0 Å². The summed E-state index contributed by atoms with van der Waals surface area (Å²) in [5, 5.41) is 0. The van der Waals surface area contributed by atoms with Gasteiger partial charge in [0.1, 0.15) is 6.04 Å². The maximum Gasteiger partial charge on any atom is 0.114 e. The van der Waals surface area contributed by atoms with Gasteiger partial charge >= 0.3 is 0 Å². The van der Waals surface area contributed by atoms with Gasteiger partial charge in [-0.2, -0.15) is 0 Å². The maximum atomic E-state index is 3.84. The normalized spacial score (nSPS) is 12.5. The highest BCUT2D eigenvalue weighted by molar-refractivity contribution is 5.17. The molecule has 2 nitrogen and oxygen atoms in total. The Bertz CT molecular complexity index is 474. The Morgan fingerprint density at radius 3 is 1.67 bits per heavy atom. The largest absolute Gasteiger partial charge is 0.322 e. The van der Waals surface area contributed by atoms with Crippen LogP contribution in [0, 0.1) is 0 Å². The van der Waals surface area contributed by atoms with Gasteiger partial charge < -0.3 is 8.97 Å². The molecule has 0 aliphatic carbocycles. The van der Waals surface area contributed by atoms with Gasteiger partial charge in [0, 0.05) is 12.0 Å². The predicted octanol–water partition coefficient (Wildman–Crippen LogP) is 4.83. The van der Waals surface area contributed by atoms with Gasteiger partial charge in [0.05, 0.1) is 47.8 Å². The van der Waals surface area contributed by atoms with Crippen molar-refractivity contribution in [3.05, 3.63) is 73.9 Å². The molecular formula is C22H38N2+2. The minimum Gasteiger partial charge on any atom is -0.322 e. The van der Waals surface area contributed by atoms with Crippen LogP contribution in [0.5, 0.6) is 0 Å². The number of hydrogen-bond acceptors (Lipinski definition) is 0. The van der Waals surface area contributed by atoms with Crippen molar-refractivity contribution in [2.75, 3.05) is 47.8 Å². The lowest BCUT2D eigenvalue weighted by molar-refractivity contribution is -0.915. The molecule has 0 N–H and O–H groups in total. The molecule has 0 aliphatic heterocycles. The highest BCUT2D eigenvalue weighted by Crippen LogP contribution is 2.27. The van der Waals surface area contributed by atoms with E-state index >= 15 is 0 Å². The Labute approximate surface area is 150 Å². The Balaban J connectivity index is 0.000000506. The van der Waals surface area contributed by atoms with Gasteiger partial charge in [-0.15, -0.1) is 0 Å². The van der Waals surface area contributed by atoms with E-state index in [9.17, 15) is 0 Å². The van der Waals surface area contributed by atoms with E-state index in [1.54, 1.807) is 0 Å². The zero-order chi connectivity index (χ0) is 18.6. The van der Waals surface area contributed by atoms with Gasteiger partial charge in [0.15, 0.2) is 0 Å². The number of likely N-dealkylation sites (N-methyl/N-ethyl adjacent to an activating group) is 2. The molecule has 1 unspecified atom stereocenters. The first-order valence-electron chi connectivity index (χ1n) is 8.76. The van der Waals surface area contributed by atoms with Crippen molar-refractivity contribution in [1.82, 2.24) is 0 Å². The molecule has 0 saturated heterocycles. The summed E-state index contributed by atoms with van der Waals surface area (Å²) in [6.07, 6.45) is 7.03. The molecule has 1 aromatic rings. The van der Waals surface area contributed by atoms with Crippen molar-refractivity contribution >= 4 is 0 Å². The van der Waals surface area contributed by atoms with Gasteiger partial charge in [0.25, 0.3) is 0 Å². The molecule has 0 amide bonds. The summed E-state index contributed by atoms with van der Waals surface area (Å²) in [5.74, 6) is 0. The van der Waals surface area contributed by atoms with Crippen LogP contribution in [0.15, 0.2) is 68.3 Å². The van der Waals surface area contributed by atoms with Crippen molar-refractivity contribution in [2.45, 2.75) is 19.4 Å². The number of nitrogens with zero attached hydrogens (tertiary/aromatic N) is 2. The molecule has 0 heterocycles. The molecule has 24 heavy (non-hydrogen) atoms. The average molecular weight is 331 g/mol. The molecular weight excluding hydrogens is 292 g/mol. The van der Waals surface area contributed by atoms with Crippen molar-refractivity contribution in [1.29, 1.82) is 0 Å². The summed E-state index contributed by atoms with van der Waals surface area (Å²) in [4.78, 5) is 0.